The van der Waals surface area contributed by atoms with E-state index in [1.165, 1.54) is 0 Å². The van der Waals surface area contributed by atoms with Crippen LogP contribution in [0.15, 0.2) is 0 Å². The number of hydrogen-bond donors (Lipinski definition) is 0. The molecule has 0 radical (unpaired) electrons. The van der Waals surface area contributed by atoms with Crippen molar-refractivity contribution in [3.63, 3.8) is 0 Å². The number of rotatable bonds is 16. The van der Waals surface area contributed by atoms with E-state index in [4.69, 9.17) is 41.7 Å². The Hall–Kier alpha value is 1.68. The summed E-state index contributed by atoms with van der Waals surface area (Å²) in [7, 11) is 0. The average molecular weight is 544 g/mol. The van der Waals surface area contributed by atoms with Crippen LogP contribution in [0.2, 0.25) is 0 Å². The van der Waals surface area contributed by atoms with Crippen molar-refractivity contribution < 1.29 is 47.4 Å². The molecule has 172 valence electrons. The van der Waals surface area contributed by atoms with Gasteiger partial charge in [-0.1, -0.05) is 90.8 Å². The zero-order chi connectivity index (χ0) is 22.1. The van der Waals surface area contributed by atoms with Crippen LogP contribution in [0.3, 0.4) is 0 Å². The predicted octanol–water partition coefficient (Wildman–Crippen LogP) is 4.90. The summed E-state index contributed by atoms with van der Waals surface area (Å²) in [5.41, 5.74) is 0. The molecule has 0 aliphatic rings. The molecule has 0 aliphatic heterocycles. The zero-order valence-electron chi connectivity index (χ0n) is 19.1. The average Bonchev–Trinajstić information content (AvgIpc) is 2.60. The maximum Gasteiger partial charge on any atom is 2.00 e. The standard InChI is InChI=1S/2C9H21O3PS.Zn/c2*1-4-5-6-7-11-13(10,14)12-8-9(2)3;/h2*9H,4-8H2,1-3H3,(H,10,14);/q;;+2/p-2. The molecule has 6 nitrogen and oxygen atoms in total. The minimum atomic E-state index is -3.20. The van der Waals surface area contributed by atoms with Crippen molar-refractivity contribution in [1.82, 2.24) is 0 Å². The molecule has 0 aliphatic carbocycles. The van der Waals surface area contributed by atoms with Gasteiger partial charge < -0.3 is 27.9 Å². The van der Waals surface area contributed by atoms with Crippen molar-refractivity contribution in [2.45, 2.75) is 80.1 Å². The van der Waals surface area contributed by atoms with Gasteiger partial charge in [-0.3, -0.25) is 0 Å². The van der Waals surface area contributed by atoms with Gasteiger partial charge in [-0.2, -0.15) is 0 Å². The van der Waals surface area contributed by atoms with Gasteiger partial charge in [0.15, 0.2) is 0 Å². The van der Waals surface area contributed by atoms with Crippen LogP contribution in [-0.2, 0) is 61.2 Å². The molecule has 0 N–H and O–H groups in total. The van der Waals surface area contributed by atoms with E-state index in [2.05, 4.69) is 13.8 Å². The van der Waals surface area contributed by atoms with E-state index in [1.54, 1.807) is 0 Å². The Labute approximate surface area is 202 Å². The Balaban J connectivity index is -0.000000451. The summed E-state index contributed by atoms with van der Waals surface area (Å²) in [6.45, 7) is 7.38. The van der Waals surface area contributed by atoms with Crippen LogP contribution < -0.4 is 9.79 Å². The van der Waals surface area contributed by atoms with Gasteiger partial charge in [0.05, 0.1) is 26.4 Å². The van der Waals surface area contributed by atoms with Gasteiger partial charge in [0, 0.05) is 0 Å². The molecule has 0 aromatic carbocycles. The molecule has 2 unspecified atom stereocenters. The van der Waals surface area contributed by atoms with E-state index >= 15 is 0 Å². The summed E-state index contributed by atoms with van der Waals surface area (Å²) < 4.78 is 20.1. The summed E-state index contributed by atoms with van der Waals surface area (Å²) in [4.78, 5) is 22.9. The Kier molecular flexibility index (Phi) is 26.2. The summed E-state index contributed by atoms with van der Waals surface area (Å²) in [6.07, 6.45) is 6.14. The SMILES string of the molecule is CCCCCOP([O-])(=S)OCC(C)C.CCCCCOP([O-])(=S)OCC(C)C.[Zn+2]. The fourth-order valence-electron chi connectivity index (χ4n) is 1.61. The van der Waals surface area contributed by atoms with Gasteiger partial charge in [-0.25, -0.2) is 0 Å². The summed E-state index contributed by atoms with van der Waals surface area (Å²) in [5, 5.41) is 0. The zero-order valence-corrected chi connectivity index (χ0v) is 25.5. The second kappa shape index (κ2) is 21.5. The second-order valence-electron chi connectivity index (χ2n) is 7.35. The van der Waals surface area contributed by atoms with E-state index in [-0.39, 0.29) is 19.5 Å². The van der Waals surface area contributed by atoms with E-state index in [0.717, 1.165) is 38.5 Å². The van der Waals surface area contributed by atoms with Crippen molar-refractivity contribution in [2.75, 3.05) is 26.4 Å². The molecule has 0 aromatic rings. The van der Waals surface area contributed by atoms with E-state index < -0.39 is 13.4 Å². The van der Waals surface area contributed by atoms with Gasteiger partial charge in [-0.05, 0) is 24.7 Å². The van der Waals surface area contributed by atoms with Crippen LogP contribution in [0.5, 0.6) is 0 Å². The van der Waals surface area contributed by atoms with E-state index in [0.29, 0.717) is 38.3 Å². The Morgan fingerprint density at radius 2 is 0.966 bits per heavy atom. The maximum atomic E-state index is 11.5. The molecule has 0 amide bonds. The Morgan fingerprint density at radius 1 is 0.655 bits per heavy atom. The first-order valence-corrected chi connectivity index (χ1v) is 15.3. The molecule has 0 saturated heterocycles. The minimum absolute atomic E-state index is 0. The van der Waals surface area contributed by atoms with E-state index in [9.17, 15) is 9.79 Å². The first-order valence-electron chi connectivity index (χ1n) is 10.2. The quantitative estimate of drug-likeness (QED) is 0.154. The van der Waals surface area contributed by atoms with Crippen molar-refractivity contribution in [2.24, 2.45) is 11.8 Å². The molecule has 0 fully saturated rings. The smallest absolute Gasteiger partial charge is 0.780 e. The molecular weight excluding hydrogens is 504 g/mol. The van der Waals surface area contributed by atoms with E-state index in [1.807, 2.05) is 27.7 Å². The molecule has 29 heavy (non-hydrogen) atoms. The molecular formula is C18H40O6P2S2Zn. The van der Waals surface area contributed by atoms with Crippen LogP contribution in [0.25, 0.3) is 0 Å². The molecule has 0 bridgehead atoms. The van der Waals surface area contributed by atoms with Crippen molar-refractivity contribution >= 4 is 37.1 Å². The topological polar surface area (TPSA) is 83.0 Å². The predicted molar refractivity (Wildman–Crippen MR) is 121 cm³/mol. The van der Waals surface area contributed by atoms with Crippen LogP contribution in [-0.4, -0.2) is 26.4 Å². The van der Waals surface area contributed by atoms with Gasteiger partial charge in [0.25, 0.3) is 0 Å². The normalized spacial score (nSPS) is 15.2. The third-order valence-electron chi connectivity index (χ3n) is 3.13. The molecule has 11 heteroatoms. The second-order valence-corrected chi connectivity index (χ2v) is 12.9. The molecule has 0 saturated carbocycles. The summed E-state index contributed by atoms with van der Waals surface area (Å²) >= 11 is 9.44. The molecule has 0 heterocycles. The van der Waals surface area contributed by atoms with Gasteiger partial charge in [0.1, 0.15) is 13.4 Å². The number of hydrogen-bond acceptors (Lipinski definition) is 8. The van der Waals surface area contributed by atoms with Gasteiger partial charge >= 0.3 is 19.5 Å². The maximum absolute atomic E-state index is 11.5. The van der Waals surface area contributed by atoms with Crippen LogP contribution >= 0.6 is 13.4 Å². The van der Waals surface area contributed by atoms with Crippen LogP contribution in [0.4, 0.5) is 0 Å². The third kappa shape index (κ3) is 29.7. The summed E-state index contributed by atoms with van der Waals surface area (Å²) in [5.74, 6) is 0.649. The third-order valence-corrected chi connectivity index (χ3v) is 6.32. The largest absolute Gasteiger partial charge is 2.00 e. The van der Waals surface area contributed by atoms with Crippen molar-refractivity contribution in [1.29, 1.82) is 0 Å². The Bertz CT molecular complexity index is 416. The van der Waals surface area contributed by atoms with Crippen LogP contribution in [0, 0.1) is 11.8 Å². The molecule has 0 aromatic heterocycles. The minimum Gasteiger partial charge on any atom is -0.780 e. The van der Waals surface area contributed by atoms with Crippen molar-refractivity contribution in [3.8, 4) is 0 Å². The monoisotopic (exact) mass is 542 g/mol. The first kappa shape index (κ1) is 35.3. The first-order chi connectivity index (χ1) is 13.0. The fraction of sp³-hybridized carbons (Fsp3) is 1.00. The van der Waals surface area contributed by atoms with Crippen LogP contribution in [0.1, 0.15) is 80.1 Å². The summed E-state index contributed by atoms with van der Waals surface area (Å²) in [6, 6.07) is 0. The molecule has 2 atom stereocenters. The fourth-order valence-corrected chi connectivity index (χ4v) is 4.24. The molecule has 0 spiro atoms. The molecule has 0 rings (SSSR count). The van der Waals surface area contributed by atoms with Gasteiger partial charge in [0.2, 0.25) is 0 Å². The Morgan fingerprint density at radius 3 is 1.21 bits per heavy atom. The number of unbranched alkanes of at least 4 members (excludes halogenated alkanes) is 4. The van der Waals surface area contributed by atoms with Gasteiger partial charge in [-0.15, -0.1) is 0 Å². The van der Waals surface area contributed by atoms with Crippen molar-refractivity contribution in [3.05, 3.63) is 0 Å².